The fraction of sp³-hybridized carbons (Fsp3) is 0.200. The van der Waals surface area contributed by atoms with Gasteiger partial charge in [-0.1, -0.05) is 35.9 Å². The third-order valence-electron chi connectivity index (χ3n) is 3.46. The average Bonchev–Trinajstić information content (AvgIpc) is 2.48. The van der Waals surface area contributed by atoms with Gasteiger partial charge in [0.05, 0.1) is 22.4 Å². The van der Waals surface area contributed by atoms with Crippen LogP contribution in [0.1, 0.15) is 34.5 Å². The Morgan fingerprint density at radius 2 is 2.17 bits per heavy atom. The predicted octanol–water partition coefficient (Wildman–Crippen LogP) is 2.05. The van der Waals surface area contributed by atoms with Crippen molar-refractivity contribution in [3.8, 4) is 0 Å². The molecule has 2 aromatic rings. The van der Waals surface area contributed by atoms with Gasteiger partial charge >= 0.3 is 0 Å². The van der Waals surface area contributed by atoms with Crippen molar-refractivity contribution in [3.05, 3.63) is 63.7 Å². The van der Waals surface area contributed by atoms with Crippen LogP contribution in [0, 0.1) is 5.41 Å². The lowest BCUT2D eigenvalue weighted by Gasteiger charge is -2.19. The molecule has 8 heteroatoms. The van der Waals surface area contributed by atoms with Crippen LogP contribution in [0.25, 0.3) is 0 Å². The number of halogens is 1. The van der Waals surface area contributed by atoms with E-state index in [-0.39, 0.29) is 22.8 Å². The second kappa shape index (κ2) is 7.08. The highest BCUT2D eigenvalue weighted by molar-refractivity contribution is 7.78. The second-order valence-electron chi connectivity index (χ2n) is 5.08. The highest BCUT2D eigenvalue weighted by atomic mass is 35.5. The van der Waals surface area contributed by atoms with Gasteiger partial charge in [0.25, 0.3) is 5.91 Å². The van der Waals surface area contributed by atoms with E-state index in [0.717, 1.165) is 5.56 Å². The molecule has 0 spiro atoms. The molecule has 122 valence electrons. The average molecular weight is 354 g/mol. The number of hydrogen-bond acceptors (Lipinski definition) is 3. The van der Waals surface area contributed by atoms with E-state index >= 15 is 0 Å². The Hall–Kier alpha value is -1.96. The molecule has 1 aromatic carbocycles. The minimum absolute atomic E-state index is 0.0288. The van der Waals surface area contributed by atoms with Crippen molar-refractivity contribution in [2.24, 2.45) is 5.73 Å². The van der Waals surface area contributed by atoms with Crippen LogP contribution in [-0.4, -0.2) is 19.2 Å². The van der Waals surface area contributed by atoms with Gasteiger partial charge < -0.3 is 14.9 Å². The molecule has 0 saturated heterocycles. The van der Waals surface area contributed by atoms with E-state index in [4.69, 9.17) is 27.3 Å². The molecule has 0 aliphatic heterocycles. The van der Waals surface area contributed by atoms with E-state index in [9.17, 15) is 9.00 Å². The Morgan fingerprint density at radius 1 is 1.48 bits per heavy atom. The quantitative estimate of drug-likeness (QED) is 0.715. The van der Waals surface area contributed by atoms with E-state index in [1.807, 2.05) is 13.0 Å². The highest BCUT2D eigenvalue weighted by Crippen LogP contribution is 2.20. The summed E-state index contributed by atoms with van der Waals surface area (Å²) >= 11 is 4.09. The van der Waals surface area contributed by atoms with Crippen molar-refractivity contribution < 1.29 is 13.6 Å². The lowest BCUT2D eigenvalue weighted by atomic mass is 10.1. The van der Waals surface area contributed by atoms with Gasteiger partial charge in [0.15, 0.2) is 11.1 Å². The van der Waals surface area contributed by atoms with Crippen molar-refractivity contribution in [1.29, 1.82) is 5.41 Å². The Labute approximate surface area is 140 Å². The highest BCUT2D eigenvalue weighted by Gasteiger charge is 2.14. The molecule has 2 atom stereocenters. The van der Waals surface area contributed by atoms with Gasteiger partial charge in [0.1, 0.15) is 5.49 Å². The standard InChI is InChI=1S/C15H16ClN3O3S/c1-9(11-4-2-3-10(5-11)8-23(21)22)19-7-12(16)6-13(14(19)17)15(18)20/h2-7,9,17H,8H2,1H3,(H2,18,20)(H,21,22). The molecule has 0 saturated carbocycles. The molecule has 0 radical (unpaired) electrons. The predicted molar refractivity (Wildman–Crippen MR) is 88.5 cm³/mol. The molecule has 4 N–H and O–H groups in total. The summed E-state index contributed by atoms with van der Waals surface area (Å²) in [5.74, 6) is -0.691. The van der Waals surface area contributed by atoms with Gasteiger partial charge in [-0.25, -0.2) is 4.21 Å². The first-order chi connectivity index (χ1) is 10.8. The molecule has 0 aliphatic carbocycles. The molecule has 6 nitrogen and oxygen atoms in total. The van der Waals surface area contributed by atoms with Crippen molar-refractivity contribution in [2.75, 3.05) is 0 Å². The molecular formula is C15H16ClN3O3S. The third kappa shape index (κ3) is 4.07. The lowest BCUT2D eigenvalue weighted by molar-refractivity contribution is 0.0997. The van der Waals surface area contributed by atoms with Crippen molar-refractivity contribution >= 4 is 28.6 Å². The maximum Gasteiger partial charge on any atom is 0.252 e. The lowest BCUT2D eigenvalue weighted by Crippen LogP contribution is -2.31. The van der Waals surface area contributed by atoms with Crippen LogP contribution in [0.4, 0.5) is 0 Å². The van der Waals surface area contributed by atoms with E-state index in [2.05, 4.69) is 0 Å². The van der Waals surface area contributed by atoms with E-state index in [1.54, 1.807) is 24.4 Å². The number of primary amides is 1. The van der Waals surface area contributed by atoms with Crippen LogP contribution in [0.3, 0.4) is 0 Å². The Kier molecular flexibility index (Phi) is 5.35. The number of nitrogens with one attached hydrogen (secondary N) is 1. The van der Waals surface area contributed by atoms with Crippen LogP contribution in [-0.2, 0) is 16.8 Å². The molecule has 1 amide bonds. The summed E-state index contributed by atoms with van der Waals surface area (Å²) < 4.78 is 21.5. The summed E-state index contributed by atoms with van der Waals surface area (Å²) in [6.07, 6.45) is 1.55. The normalized spacial score (nSPS) is 13.5. The SMILES string of the molecule is CC(c1cccc(CS(=O)O)c1)n1cc(Cl)cc(C(N)=O)c1=N. The summed E-state index contributed by atoms with van der Waals surface area (Å²) in [4.78, 5) is 11.4. The molecule has 2 rings (SSSR count). The fourth-order valence-corrected chi connectivity index (χ4v) is 3.00. The maximum absolute atomic E-state index is 11.4. The van der Waals surface area contributed by atoms with Gasteiger partial charge in [-0.2, -0.15) is 0 Å². The van der Waals surface area contributed by atoms with Gasteiger partial charge in [-0.15, -0.1) is 0 Å². The van der Waals surface area contributed by atoms with Crippen LogP contribution in [0.2, 0.25) is 5.02 Å². The molecular weight excluding hydrogens is 338 g/mol. The Morgan fingerprint density at radius 3 is 2.78 bits per heavy atom. The number of amides is 1. The summed E-state index contributed by atoms with van der Waals surface area (Å²) in [6, 6.07) is 8.22. The smallest absolute Gasteiger partial charge is 0.252 e. The van der Waals surface area contributed by atoms with Crippen molar-refractivity contribution in [2.45, 2.75) is 18.7 Å². The first kappa shape index (κ1) is 17.4. The fourth-order valence-electron chi connectivity index (χ4n) is 2.32. The number of aromatic nitrogens is 1. The Bertz CT molecular complexity index is 835. The van der Waals surface area contributed by atoms with Crippen LogP contribution < -0.4 is 11.2 Å². The van der Waals surface area contributed by atoms with Crippen LogP contribution in [0.5, 0.6) is 0 Å². The number of hydrogen-bond donors (Lipinski definition) is 3. The number of rotatable bonds is 5. The first-order valence-corrected chi connectivity index (χ1v) is 8.37. The number of carbonyl (C=O) groups excluding carboxylic acids is 1. The molecule has 0 bridgehead atoms. The van der Waals surface area contributed by atoms with Gasteiger partial charge in [-0.3, -0.25) is 10.2 Å². The molecule has 2 unspecified atom stereocenters. The monoisotopic (exact) mass is 353 g/mol. The summed E-state index contributed by atoms with van der Waals surface area (Å²) in [6.45, 7) is 1.84. The third-order valence-corrected chi connectivity index (χ3v) is 4.25. The number of pyridine rings is 1. The van der Waals surface area contributed by atoms with E-state index in [1.165, 1.54) is 10.6 Å². The molecule has 23 heavy (non-hydrogen) atoms. The summed E-state index contributed by atoms with van der Waals surface area (Å²) in [5.41, 5.74) is 6.81. The number of carbonyl (C=O) groups is 1. The first-order valence-electron chi connectivity index (χ1n) is 6.72. The summed E-state index contributed by atoms with van der Waals surface area (Å²) in [7, 11) is 0. The van der Waals surface area contributed by atoms with Crippen LogP contribution >= 0.6 is 11.6 Å². The van der Waals surface area contributed by atoms with Gasteiger partial charge in [-0.05, 0) is 24.1 Å². The molecule has 1 heterocycles. The molecule has 0 aliphatic rings. The maximum atomic E-state index is 11.4. The minimum Gasteiger partial charge on any atom is -0.365 e. The van der Waals surface area contributed by atoms with E-state index < -0.39 is 17.0 Å². The van der Waals surface area contributed by atoms with Gasteiger partial charge in [0.2, 0.25) is 0 Å². The zero-order chi connectivity index (χ0) is 17.1. The van der Waals surface area contributed by atoms with Crippen molar-refractivity contribution in [1.82, 2.24) is 4.57 Å². The number of nitrogens with two attached hydrogens (primary N) is 1. The Balaban J connectivity index is 2.49. The number of nitrogens with zero attached hydrogens (tertiary/aromatic N) is 1. The van der Waals surface area contributed by atoms with E-state index in [0.29, 0.717) is 10.6 Å². The van der Waals surface area contributed by atoms with Gasteiger partial charge in [0, 0.05) is 6.20 Å². The summed E-state index contributed by atoms with van der Waals surface area (Å²) in [5, 5.41) is 8.44. The molecule has 1 aromatic heterocycles. The zero-order valence-corrected chi connectivity index (χ0v) is 13.9. The topological polar surface area (TPSA) is 109 Å². The second-order valence-corrected chi connectivity index (χ2v) is 6.45. The largest absolute Gasteiger partial charge is 0.365 e. The minimum atomic E-state index is -1.93. The zero-order valence-electron chi connectivity index (χ0n) is 12.3. The van der Waals surface area contributed by atoms with Crippen LogP contribution in [0.15, 0.2) is 36.5 Å². The van der Waals surface area contributed by atoms with Crippen molar-refractivity contribution in [3.63, 3.8) is 0 Å². The molecule has 0 fully saturated rings. The number of benzene rings is 1.